The van der Waals surface area contributed by atoms with Crippen molar-refractivity contribution in [2.75, 3.05) is 4.90 Å². The second-order valence-corrected chi connectivity index (χ2v) is 11.9. The van der Waals surface area contributed by atoms with Crippen LogP contribution in [0.1, 0.15) is 0 Å². The zero-order valence-electron chi connectivity index (χ0n) is 23.2. The highest BCUT2D eigenvalue weighted by atomic mass is 32.1. The molecule has 2 heterocycles. The molecular formula is C40H25NOS. The van der Waals surface area contributed by atoms with Gasteiger partial charge in [0.2, 0.25) is 0 Å². The van der Waals surface area contributed by atoms with Crippen molar-refractivity contribution in [2.45, 2.75) is 0 Å². The molecule has 0 saturated heterocycles. The van der Waals surface area contributed by atoms with Crippen LogP contribution in [0.4, 0.5) is 17.1 Å². The molecule has 0 unspecified atom stereocenters. The Hall–Kier alpha value is -5.38. The van der Waals surface area contributed by atoms with E-state index in [0.717, 1.165) is 22.5 Å². The van der Waals surface area contributed by atoms with Gasteiger partial charge in [-0.05, 0) is 65.0 Å². The Morgan fingerprint density at radius 1 is 0.442 bits per heavy atom. The molecule has 2 nitrogen and oxygen atoms in total. The molecule has 43 heavy (non-hydrogen) atoms. The summed E-state index contributed by atoms with van der Waals surface area (Å²) in [5, 5.41) is 7.41. The first kappa shape index (κ1) is 24.2. The Morgan fingerprint density at radius 3 is 2.00 bits per heavy atom. The highest BCUT2D eigenvalue weighted by molar-refractivity contribution is 7.27. The maximum atomic E-state index is 6.21. The third-order valence-electron chi connectivity index (χ3n) is 8.46. The molecule has 0 aliphatic rings. The SMILES string of the molecule is c1ccc(N(c2ccc(-c3cccc4c3sc3c4ccc4oc5ccccc5c43)cc2)c2cccc3ccccc23)cc1. The number of benzene rings is 7. The first-order chi connectivity index (χ1) is 21.3. The normalized spacial score (nSPS) is 11.7. The molecular weight excluding hydrogens is 543 g/mol. The lowest BCUT2D eigenvalue weighted by atomic mass is 10.0. The van der Waals surface area contributed by atoms with Crippen molar-refractivity contribution in [1.29, 1.82) is 0 Å². The Morgan fingerprint density at radius 2 is 1.12 bits per heavy atom. The van der Waals surface area contributed by atoms with E-state index < -0.39 is 0 Å². The van der Waals surface area contributed by atoms with Crippen molar-refractivity contribution < 1.29 is 4.42 Å². The lowest BCUT2D eigenvalue weighted by Gasteiger charge is -2.27. The van der Waals surface area contributed by atoms with E-state index in [1.807, 2.05) is 17.4 Å². The van der Waals surface area contributed by atoms with Crippen molar-refractivity contribution in [1.82, 2.24) is 0 Å². The minimum atomic E-state index is 0.937. The van der Waals surface area contributed by atoms with Gasteiger partial charge in [-0.15, -0.1) is 11.3 Å². The summed E-state index contributed by atoms with van der Waals surface area (Å²) in [7, 11) is 0. The summed E-state index contributed by atoms with van der Waals surface area (Å²) in [5.41, 5.74) is 7.77. The lowest BCUT2D eigenvalue weighted by molar-refractivity contribution is 0.669. The number of hydrogen-bond donors (Lipinski definition) is 0. The minimum absolute atomic E-state index is 0.937. The molecule has 2 aromatic heterocycles. The number of anilines is 3. The fourth-order valence-corrected chi connectivity index (χ4v) is 7.88. The highest BCUT2D eigenvalue weighted by Crippen LogP contribution is 2.46. The Bertz CT molecular complexity index is 2450. The smallest absolute Gasteiger partial charge is 0.136 e. The van der Waals surface area contributed by atoms with E-state index in [2.05, 4.69) is 150 Å². The van der Waals surface area contributed by atoms with E-state index in [0.29, 0.717) is 0 Å². The number of nitrogens with zero attached hydrogens (tertiary/aromatic N) is 1. The van der Waals surface area contributed by atoms with Gasteiger partial charge >= 0.3 is 0 Å². The molecule has 9 rings (SSSR count). The number of rotatable bonds is 4. The fraction of sp³-hybridized carbons (Fsp3) is 0. The van der Waals surface area contributed by atoms with Gasteiger partial charge in [-0.3, -0.25) is 0 Å². The van der Waals surface area contributed by atoms with Gasteiger partial charge in [-0.25, -0.2) is 0 Å². The summed E-state index contributed by atoms with van der Waals surface area (Å²) in [6.07, 6.45) is 0. The van der Waals surface area contributed by atoms with E-state index in [4.69, 9.17) is 4.42 Å². The second-order valence-electron chi connectivity index (χ2n) is 10.9. The van der Waals surface area contributed by atoms with Gasteiger partial charge in [-0.2, -0.15) is 0 Å². The van der Waals surface area contributed by atoms with Crippen LogP contribution in [0, 0.1) is 0 Å². The van der Waals surface area contributed by atoms with Crippen LogP contribution in [0.5, 0.6) is 0 Å². The van der Waals surface area contributed by atoms with Crippen molar-refractivity contribution in [3.8, 4) is 11.1 Å². The van der Waals surface area contributed by atoms with Gasteiger partial charge < -0.3 is 9.32 Å². The minimum Gasteiger partial charge on any atom is -0.456 e. The molecule has 0 amide bonds. The van der Waals surface area contributed by atoms with Gasteiger partial charge in [0, 0.05) is 47.7 Å². The first-order valence-electron chi connectivity index (χ1n) is 14.5. The van der Waals surface area contributed by atoms with E-state index in [-0.39, 0.29) is 0 Å². The molecule has 0 atom stereocenters. The number of hydrogen-bond acceptors (Lipinski definition) is 3. The van der Waals surface area contributed by atoms with E-state index in [9.17, 15) is 0 Å². The van der Waals surface area contributed by atoms with E-state index in [1.165, 1.54) is 58.5 Å². The van der Waals surface area contributed by atoms with Gasteiger partial charge in [0.25, 0.3) is 0 Å². The zero-order valence-corrected chi connectivity index (χ0v) is 24.0. The molecule has 0 fully saturated rings. The Balaban J connectivity index is 1.21. The molecule has 3 heteroatoms. The number of thiophene rings is 1. The zero-order chi connectivity index (χ0) is 28.3. The molecule has 0 saturated carbocycles. The first-order valence-corrected chi connectivity index (χ1v) is 15.3. The number of para-hydroxylation sites is 2. The van der Waals surface area contributed by atoms with Crippen LogP contribution in [0.15, 0.2) is 156 Å². The second kappa shape index (κ2) is 9.59. The Kier molecular flexibility index (Phi) is 5.40. The predicted octanol–water partition coefficient (Wildman–Crippen LogP) is 12.2. The molecule has 0 spiro atoms. The number of furan rings is 1. The quantitative estimate of drug-likeness (QED) is 0.210. The third kappa shape index (κ3) is 3.79. The maximum Gasteiger partial charge on any atom is 0.136 e. The van der Waals surface area contributed by atoms with Crippen LogP contribution < -0.4 is 4.90 Å². The molecule has 9 aromatic rings. The average Bonchev–Trinajstić information content (AvgIpc) is 3.64. The van der Waals surface area contributed by atoms with Crippen molar-refractivity contribution in [2.24, 2.45) is 0 Å². The molecule has 0 radical (unpaired) electrons. The predicted molar refractivity (Wildman–Crippen MR) is 184 cm³/mol. The van der Waals surface area contributed by atoms with Crippen molar-refractivity contribution in [3.63, 3.8) is 0 Å². The summed E-state index contributed by atoms with van der Waals surface area (Å²) in [5.74, 6) is 0. The molecule has 0 aliphatic heterocycles. The fourth-order valence-electron chi connectivity index (χ4n) is 6.49. The molecule has 202 valence electrons. The van der Waals surface area contributed by atoms with Gasteiger partial charge in [-0.1, -0.05) is 103 Å². The summed E-state index contributed by atoms with van der Waals surface area (Å²) >= 11 is 1.87. The highest BCUT2D eigenvalue weighted by Gasteiger charge is 2.18. The van der Waals surface area contributed by atoms with Crippen LogP contribution in [0.3, 0.4) is 0 Å². The molecule has 0 bridgehead atoms. The molecule has 0 aliphatic carbocycles. The third-order valence-corrected chi connectivity index (χ3v) is 9.74. The van der Waals surface area contributed by atoms with Crippen LogP contribution in [0.25, 0.3) is 64.0 Å². The maximum absolute atomic E-state index is 6.21. The van der Waals surface area contributed by atoms with Gasteiger partial charge in [0.15, 0.2) is 0 Å². The summed E-state index contributed by atoms with van der Waals surface area (Å²) in [6, 6.07) is 54.1. The lowest BCUT2D eigenvalue weighted by Crippen LogP contribution is -2.10. The van der Waals surface area contributed by atoms with Crippen LogP contribution in [0.2, 0.25) is 0 Å². The Labute approximate surface area is 252 Å². The summed E-state index contributed by atoms with van der Waals surface area (Å²) in [4.78, 5) is 2.35. The van der Waals surface area contributed by atoms with Crippen LogP contribution in [-0.2, 0) is 0 Å². The molecule has 0 N–H and O–H groups in total. The molecule has 7 aromatic carbocycles. The standard InChI is InChI=1S/C40H25NOS/c1-2-12-28(13-3-1)41(35-18-8-11-26-10-4-5-14-30(26)35)29-22-20-27(21-23-29)31-16-9-17-32-33-24-25-37-38(40(33)43-39(31)32)34-15-6-7-19-36(34)42-37/h1-25H. The summed E-state index contributed by atoms with van der Waals surface area (Å²) < 4.78 is 8.80. The topological polar surface area (TPSA) is 16.4 Å². The number of fused-ring (bicyclic) bond motifs is 8. The largest absolute Gasteiger partial charge is 0.456 e. The summed E-state index contributed by atoms with van der Waals surface area (Å²) in [6.45, 7) is 0. The van der Waals surface area contributed by atoms with E-state index in [1.54, 1.807) is 0 Å². The van der Waals surface area contributed by atoms with Crippen LogP contribution in [-0.4, -0.2) is 0 Å². The van der Waals surface area contributed by atoms with Crippen molar-refractivity contribution >= 4 is 81.3 Å². The van der Waals surface area contributed by atoms with Gasteiger partial charge in [0.1, 0.15) is 11.2 Å². The van der Waals surface area contributed by atoms with Crippen LogP contribution >= 0.6 is 11.3 Å². The average molecular weight is 568 g/mol. The van der Waals surface area contributed by atoms with Gasteiger partial charge in [0.05, 0.1) is 5.69 Å². The van der Waals surface area contributed by atoms with Crippen molar-refractivity contribution in [3.05, 3.63) is 152 Å². The monoisotopic (exact) mass is 567 g/mol. The van der Waals surface area contributed by atoms with E-state index >= 15 is 0 Å².